The summed E-state index contributed by atoms with van der Waals surface area (Å²) in [6.07, 6.45) is 6.37. The number of anilines is 2. The van der Waals surface area contributed by atoms with Gasteiger partial charge in [0.2, 0.25) is 10.0 Å². The third-order valence-electron chi connectivity index (χ3n) is 8.84. The monoisotopic (exact) mass is 650 g/mol. The molecule has 0 bridgehead atoms. The first-order valence-corrected chi connectivity index (χ1v) is 17.6. The van der Waals surface area contributed by atoms with E-state index in [4.69, 9.17) is 14.5 Å². The zero-order valence-electron chi connectivity index (χ0n) is 26.1. The van der Waals surface area contributed by atoms with Crippen molar-refractivity contribution in [1.82, 2.24) is 9.55 Å². The van der Waals surface area contributed by atoms with Gasteiger partial charge in [0.05, 0.1) is 47.3 Å². The molecule has 2 fully saturated rings. The molecule has 0 unspecified atom stereocenters. The van der Waals surface area contributed by atoms with E-state index in [0.717, 1.165) is 48.9 Å². The van der Waals surface area contributed by atoms with Crippen molar-refractivity contribution in [3.8, 4) is 17.1 Å². The maximum Gasteiger partial charge on any atom is 0.335 e. The number of carbonyl (C=O) groups is 1. The molecule has 2 aliphatic rings. The predicted molar refractivity (Wildman–Crippen MR) is 176 cm³/mol. The van der Waals surface area contributed by atoms with Gasteiger partial charge in [-0.15, -0.1) is 0 Å². The highest BCUT2D eigenvalue weighted by Crippen LogP contribution is 2.38. The van der Waals surface area contributed by atoms with Crippen molar-refractivity contribution in [3.63, 3.8) is 0 Å². The molecule has 6 rings (SSSR count). The van der Waals surface area contributed by atoms with Crippen molar-refractivity contribution in [2.45, 2.75) is 51.7 Å². The van der Waals surface area contributed by atoms with Crippen LogP contribution in [0.15, 0.2) is 54.6 Å². The van der Waals surface area contributed by atoms with Gasteiger partial charge < -0.3 is 24.0 Å². The number of benzene rings is 3. The molecule has 1 saturated heterocycles. The first-order chi connectivity index (χ1) is 22.1. The lowest BCUT2D eigenvalue weighted by Crippen LogP contribution is -2.37. The van der Waals surface area contributed by atoms with Crippen LogP contribution < -0.4 is 13.9 Å². The zero-order valence-corrected chi connectivity index (χ0v) is 26.9. The Labute approximate surface area is 268 Å². The number of halogens is 1. The van der Waals surface area contributed by atoms with Crippen molar-refractivity contribution in [2.75, 3.05) is 48.3 Å². The Morgan fingerprint density at radius 2 is 1.83 bits per heavy atom. The molecule has 0 amide bonds. The Morgan fingerprint density at radius 3 is 2.50 bits per heavy atom. The van der Waals surface area contributed by atoms with E-state index in [1.54, 1.807) is 43.3 Å². The SMILES string of the molecule is CCN(c1ccc(N2CCOCC2)c(COc2ccc(-c3nc4cc(C(=O)O)ccc4n3C3CCCCC3)c(F)c2)c1)S(C)(=O)=O. The van der Waals surface area contributed by atoms with Crippen LogP contribution in [-0.4, -0.2) is 68.1 Å². The standard InChI is InChI=1S/C34H39FN4O6S/c1-3-38(46(2,42)43)26-10-14-31(37-15-17-44-18-16-37)24(19-26)22-45-27-11-12-28(29(35)21-27)33-36-30-20-23(34(40)41)9-13-32(30)39(33)25-7-5-4-6-8-25/h9-14,19-21,25H,3-8,15-18,22H2,1-2H3,(H,40,41). The molecule has 0 spiro atoms. The van der Waals surface area contributed by atoms with Gasteiger partial charge in [-0.3, -0.25) is 4.31 Å². The third kappa shape index (κ3) is 6.54. The van der Waals surface area contributed by atoms with Gasteiger partial charge in [-0.2, -0.15) is 0 Å². The molecule has 12 heteroatoms. The van der Waals surface area contributed by atoms with E-state index < -0.39 is 21.8 Å². The number of nitrogens with zero attached hydrogens (tertiary/aromatic N) is 4. The fraction of sp³-hybridized carbons (Fsp3) is 0.412. The molecule has 4 aromatic rings. The molecule has 244 valence electrons. The van der Waals surface area contributed by atoms with E-state index in [-0.39, 0.29) is 24.8 Å². The van der Waals surface area contributed by atoms with E-state index in [0.29, 0.717) is 54.6 Å². The summed E-state index contributed by atoms with van der Waals surface area (Å²) in [5, 5.41) is 9.53. The number of rotatable bonds is 10. The molecule has 1 aliphatic carbocycles. The topological polar surface area (TPSA) is 114 Å². The fourth-order valence-corrected chi connectivity index (χ4v) is 7.59. The first kappa shape index (κ1) is 31.8. The smallest absolute Gasteiger partial charge is 0.335 e. The number of fused-ring (bicyclic) bond motifs is 1. The molecular weight excluding hydrogens is 611 g/mol. The van der Waals surface area contributed by atoms with E-state index >= 15 is 4.39 Å². The Hall–Kier alpha value is -4.16. The third-order valence-corrected chi connectivity index (χ3v) is 10.1. The van der Waals surface area contributed by atoms with Crippen LogP contribution in [0.3, 0.4) is 0 Å². The van der Waals surface area contributed by atoms with Crippen molar-refractivity contribution in [2.24, 2.45) is 0 Å². The molecule has 1 aromatic heterocycles. The van der Waals surface area contributed by atoms with E-state index in [1.165, 1.54) is 16.6 Å². The zero-order chi connectivity index (χ0) is 32.4. The number of morpholine rings is 1. The summed E-state index contributed by atoms with van der Waals surface area (Å²) in [4.78, 5) is 18.6. The van der Waals surface area contributed by atoms with Crippen molar-refractivity contribution in [1.29, 1.82) is 0 Å². The Balaban J connectivity index is 1.32. The molecule has 1 N–H and O–H groups in total. The average Bonchev–Trinajstić information content (AvgIpc) is 3.43. The number of imidazole rings is 1. The predicted octanol–water partition coefficient (Wildman–Crippen LogP) is 6.25. The van der Waals surface area contributed by atoms with Crippen LogP contribution in [-0.2, 0) is 21.4 Å². The molecule has 1 aliphatic heterocycles. The van der Waals surface area contributed by atoms with Crippen LogP contribution in [0.5, 0.6) is 5.75 Å². The molecule has 46 heavy (non-hydrogen) atoms. The lowest BCUT2D eigenvalue weighted by molar-refractivity contribution is 0.0697. The van der Waals surface area contributed by atoms with Crippen LogP contribution in [0, 0.1) is 5.82 Å². The number of aromatic carboxylic acids is 1. The van der Waals surface area contributed by atoms with Gasteiger partial charge in [-0.05, 0) is 68.3 Å². The summed E-state index contributed by atoms with van der Waals surface area (Å²) in [6, 6.07) is 15.2. The minimum absolute atomic E-state index is 0.0964. The number of hydrogen-bond acceptors (Lipinski definition) is 7. The van der Waals surface area contributed by atoms with Crippen LogP contribution in [0.1, 0.15) is 61.0 Å². The normalized spacial score (nSPS) is 16.1. The summed E-state index contributed by atoms with van der Waals surface area (Å²) >= 11 is 0. The number of ether oxygens (including phenoxy) is 2. The fourth-order valence-electron chi connectivity index (χ4n) is 6.62. The maximum absolute atomic E-state index is 15.9. The second-order valence-corrected chi connectivity index (χ2v) is 13.8. The Kier molecular flexibility index (Phi) is 9.19. The highest BCUT2D eigenvalue weighted by Gasteiger charge is 2.25. The number of hydrogen-bond donors (Lipinski definition) is 1. The Morgan fingerprint density at radius 1 is 1.07 bits per heavy atom. The summed E-state index contributed by atoms with van der Waals surface area (Å²) in [6.45, 7) is 4.71. The number of carboxylic acid groups (broad SMARTS) is 1. The van der Waals surface area contributed by atoms with Crippen LogP contribution in [0.4, 0.5) is 15.8 Å². The number of carboxylic acids is 1. The summed E-state index contributed by atoms with van der Waals surface area (Å²) < 4.78 is 55.9. The van der Waals surface area contributed by atoms with Crippen LogP contribution >= 0.6 is 0 Å². The highest BCUT2D eigenvalue weighted by atomic mass is 32.2. The lowest BCUT2D eigenvalue weighted by Gasteiger charge is -2.31. The van der Waals surface area contributed by atoms with Crippen LogP contribution in [0.25, 0.3) is 22.4 Å². The molecule has 0 radical (unpaired) electrons. The lowest BCUT2D eigenvalue weighted by atomic mass is 9.94. The van der Waals surface area contributed by atoms with Gasteiger partial charge >= 0.3 is 5.97 Å². The largest absolute Gasteiger partial charge is 0.489 e. The average molecular weight is 651 g/mol. The minimum atomic E-state index is -3.48. The molecule has 3 aromatic carbocycles. The summed E-state index contributed by atoms with van der Waals surface area (Å²) in [7, 11) is -3.48. The first-order valence-electron chi connectivity index (χ1n) is 15.8. The minimum Gasteiger partial charge on any atom is -0.489 e. The van der Waals surface area contributed by atoms with Crippen LogP contribution in [0.2, 0.25) is 0 Å². The quantitative estimate of drug-likeness (QED) is 0.214. The number of sulfonamides is 1. The maximum atomic E-state index is 15.9. The van der Waals surface area contributed by atoms with E-state index in [1.807, 2.05) is 12.1 Å². The number of aromatic nitrogens is 2. The van der Waals surface area contributed by atoms with Gasteiger partial charge in [0.25, 0.3) is 0 Å². The van der Waals surface area contributed by atoms with Crippen molar-refractivity contribution < 1.29 is 32.2 Å². The molecule has 0 atom stereocenters. The van der Waals surface area contributed by atoms with Gasteiger partial charge in [-0.1, -0.05) is 19.3 Å². The summed E-state index contributed by atoms with van der Waals surface area (Å²) in [5.74, 6) is -0.746. The van der Waals surface area contributed by atoms with Gasteiger partial charge in [0.15, 0.2) is 0 Å². The van der Waals surface area contributed by atoms with Gasteiger partial charge in [0.1, 0.15) is 24.0 Å². The second-order valence-electron chi connectivity index (χ2n) is 11.9. The molecule has 1 saturated carbocycles. The van der Waals surface area contributed by atoms with E-state index in [9.17, 15) is 18.3 Å². The molecule has 10 nitrogen and oxygen atoms in total. The summed E-state index contributed by atoms with van der Waals surface area (Å²) in [5.41, 5.74) is 3.98. The second kappa shape index (κ2) is 13.3. The molecule has 2 heterocycles. The Bertz CT molecular complexity index is 1850. The van der Waals surface area contributed by atoms with Crippen molar-refractivity contribution >= 4 is 38.4 Å². The van der Waals surface area contributed by atoms with Gasteiger partial charge in [-0.25, -0.2) is 22.6 Å². The van der Waals surface area contributed by atoms with E-state index in [2.05, 4.69) is 9.47 Å². The van der Waals surface area contributed by atoms with Crippen molar-refractivity contribution in [3.05, 3.63) is 71.5 Å². The highest BCUT2D eigenvalue weighted by molar-refractivity contribution is 7.92. The van der Waals surface area contributed by atoms with Gasteiger partial charge in [0, 0.05) is 43.0 Å². The molecular formula is C34H39FN4O6S.